The highest BCUT2D eigenvalue weighted by Crippen LogP contribution is 2.28. The zero-order valence-electron chi connectivity index (χ0n) is 12.8. The Balaban J connectivity index is 1.55. The number of amides is 1. The summed E-state index contributed by atoms with van der Waals surface area (Å²) in [7, 11) is 0. The molecule has 116 valence electrons. The van der Waals surface area contributed by atoms with Gasteiger partial charge in [0.1, 0.15) is 0 Å². The van der Waals surface area contributed by atoms with E-state index in [1.807, 2.05) is 30.3 Å². The average molecular weight is 306 g/mol. The molecule has 0 bridgehead atoms. The highest BCUT2D eigenvalue weighted by atomic mass is 16.5. The quantitative estimate of drug-likeness (QED) is 0.798. The third-order valence-corrected chi connectivity index (χ3v) is 4.44. The molecule has 0 atom stereocenters. The van der Waals surface area contributed by atoms with Gasteiger partial charge in [0.2, 0.25) is 11.8 Å². The summed E-state index contributed by atoms with van der Waals surface area (Å²) in [5.74, 6) is 0.468. The standard InChI is InChI=1S/C19H18N2O2/c22-18(20-19-16-10-3-4-11-17(16)21-23-19)12-14-8-5-7-13-6-1-2-9-15(13)14/h1-2,5-9H,3-4,10-12H2,(H,20,22). The van der Waals surface area contributed by atoms with Gasteiger partial charge in [0.25, 0.3) is 0 Å². The van der Waals surface area contributed by atoms with E-state index in [9.17, 15) is 4.79 Å². The first-order valence-electron chi connectivity index (χ1n) is 8.05. The fourth-order valence-corrected chi connectivity index (χ4v) is 3.28. The summed E-state index contributed by atoms with van der Waals surface area (Å²) in [6, 6.07) is 14.2. The summed E-state index contributed by atoms with van der Waals surface area (Å²) in [5, 5.41) is 9.24. The van der Waals surface area contributed by atoms with Gasteiger partial charge in [-0.05, 0) is 42.0 Å². The van der Waals surface area contributed by atoms with Crippen LogP contribution in [0.15, 0.2) is 47.0 Å². The number of nitrogens with one attached hydrogen (secondary N) is 1. The zero-order chi connectivity index (χ0) is 15.6. The molecule has 0 aliphatic heterocycles. The number of carbonyl (C=O) groups excluding carboxylic acids is 1. The van der Waals surface area contributed by atoms with E-state index in [2.05, 4.69) is 22.6 Å². The number of anilines is 1. The summed E-state index contributed by atoms with van der Waals surface area (Å²) >= 11 is 0. The van der Waals surface area contributed by atoms with E-state index in [0.29, 0.717) is 12.3 Å². The van der Waals surface area contributed by atoms with Crippen molar-refractivity contribution in [2.75, 3.05) is 5.32 Å². The van der Waals surface area contributed by atoms with Crippen LogP contribution in [0, 0.1) is 0 Å². The van der Waals surface area contributed by atoms with Crippen molar-refractivity contribution < 1.29 is 9.32 Å². The van der Waals surface area contributed by atoms with Gasteiger partial charge in [-0.15, -0.1) is 0 Å². The molecule has 0 unspecified atom stereocenters. The van der Waals surface area contributed by atoms with Gasteiger partial charge >= 0.3 is 0 Å². The Morgan fingerprint density at radius 2 is 1.91 bits per heavy atom. The van der Waals surface area contributed by atoms with Gasteiger partial charge in [-0.25, -0.2) is 0 Å². The Morgan fingerprint density at radius 3 is 2.87 bits per heavy atom. The largest absolute Gasteiger partial charge is 0.338 e. The maximum Gasteiger partial charge on any atom is 0.234 e. The topological polar surface area (TPSA) is 55.1 Å². The molecule has 3 aromatic rings. The molecule has 0 radical (unpaired) electrons. The first-order valence-corrected chi connectivity index (χ1v) is 8.05. The van der Waals surface area contributed by atoms with Crippen molar-refractivity contribution in [3.05, 3.63) is 59.3 Å². The molecular weight excluding hydrogens is 288 g/mol. The molecule has 1 heterocycles. The van der Waals surface area contributed by atoms with Crippen LogP contribution in [0.4, 0.5) is 5.88 Å². The van der Waals surface area contributed by atoms with Gasteiger partial charge in [0.15, 0.2) is 0 Å². The summed E-state index contributed by atoms with van der Waals surface area (Å²) in [5.41, 5.74) is 3.09. The van der Waals surface area contributed by atoms with Crippen LogP contribution >= 0.6 is 0 Å². The molecule has 1 N–H and O–H groups in total. The monoisotopic (exact) mass is 306 g/mol. The van der Waals surface area contributed by atoms with E-state index in [-0.39, 0.29) is 5.91 Å². The van der Waals surface area contributed by atoms with Crippen molar-refractivity contribution in [1.82, 2.24) is 5.16 Å². The molecule has 1 amide bonds. The number of rotatable bonds is 3. The number of benzene rings is 2. The lowest BCUT2D eigenvalue weighted by Crippen LogP contribution is -2.15. The smallest absolute Gasteiger partial charge is 0.234 e. The summed E-state index contributed by atoms with van der Waals surface area (Å²) < 4.78 is 5.33. The van der Waals surface area contributed by atoms with Gasteiger partial charge in [0, 0.05) is 5.56 Å². The van der Waals surface area contributed by atoms with Gasteiger partial charge in [0.05, 0.1) is 12.1 Å². The van der Waals surface area contributed by atoms with Crippen molar-refractivity contribution in [2.45, 2.75) is 32.1 Å². The molecule has 0 spiro atoms. The van der Waals surface area contributed by atoms with Gasteiger partial charge in [-0.1, -0.05) is 47.6 Å². The van der Waals surface area contributed by atoms with Crippen molar-refractivity contribution in [3.63, 3.8) is 0 Å². The minimum absolute atomic E-state index is 0.0640. The molecule has 4 nitrogen and oxygen atoms in total. The third kappa shape index (κ3) is 2.72. The van der Waals surface area contributed by atoms with E-state index in [1.54, 1.807) is 0 Å². The van der Waals surface area contributed by atoms with Crippen LogP contribution in [0.1, 0.15) is 29.7 Å². The number of nitrogens with zero attached hydrogens (tertiary/aromatic N) is 1. The first kappa shape index (κ1) is 14.0. The maximum absolute atomic E-state index is 12.4. The Bertz CT molecular complexity index is 861. The molecule has 4 heteroatoms. The van der Waals surface area contributed by atoms with Crippen LogP contribution in [-0.4, -0.2) is 11.1 Å². The lowest BCUT2D eigenvalue weighted by molar-refractivity contribution is -0.115. The number of aromatic nitrogens is 1. The highest BCUT2D eigenvalue weighted by Gasteiger charge is 2.20. The summed E-state index contributed by atoms with van der Waals surface area (Å²) in [6.07, 6.45) is 4.47. The molecule has 1 aromatic heterocycles. The Kier molecular flexibility index (Phi) is 3.58. The van der Waals surface area contributed by atoms with Crippen molar-refractivity contribution in [1.29, 1.82) is 0 Å². The molecule has 0 fully saturated rings. The van der Waals surface area contributed by atoms with Gasteiger partial charge in [-0.3, -0.25) is 10.1 Å². The second-order valence-corrected chi connectivity index (χ2v) is 6.01. The predicted molar refractivity (Wildman–Crippen MR) is 89.4 cm³/mol. The molecule has 4 rings (SSSR count). The van der Waals surface area contributed by atoms with Crippen molar-refractivity contribution in [2.24, 2.45) is 0 Å². The van der Waals surface area contributed by atoms with Crippen LogP contribution in [-0.2, 0) is 24.1 Å². The zero-order valence-corrected chi connectivity index (χ0v) is 12.8. The van der Waals surface area contributed by atoms with Crippen LogP contribution in [0.25, 0.3) is 10.8 Å². The minimum Gasteiger partial charge on any atom is -0.338 e. The van der Waals surface area contributed by atoms with Gasteiger partial charge < -0.3 is 4.52 Å². The van der Waals surface area contributed by atoms with E-state index in [1.165, 1.54) is 0 Å². The van der Waals surface area contributed by atoms with Crippen LogP contribution < -0.4 is 5.32 Å². The van der Waals surface area contributed by atoms with E-state index >= 15 is 0 Å². The normalized spacial score (nSPS) is 13.7. The van der Waals surface area contributed by atoms with Gasteiger partial charge in [-0.2, -0.15) is 0 Å². The lowest BCUT2D eigenvalue weighted by Gasteiger charge is -2.10. The fourth-order valence-electron chi connectivity index (χ4n) is 3.28. The Hall–Kier alpha value is -2.62. The number of fused-ring (bicyclic) bond motifs is 2. The maximum atomic E-state index is 12.4. The molecular formula is C19H18N2O2. The second-order valence-electron chi connectivity index (χ2n) is 6.01. The number of aryl methyl sites for hydroxylation is 1. The molecule has 0 saturated heterocycles. The third-order valence-electron chi connectivity index (χ3n) is 4.44. The Labute approximate surface area is 134 Å². The van der Waals surface area contributed by atoms with Crippen molar-refractivity contribution >= 4 is 22.6 Å². The molecule has 1 aliphatic carbocycles. The molecule has 1 aliphatic rings. The average Bonchev–Trinajstić information content (AvgIpc) is 2.98. The predicted octanol–water partition coefficient (Wildman–Crippen LogP) is 3.89. The fraction of sp³-hybridized carbons (Fsp3) is 0.263. The van der Waals surface area contributed by atoms with Crippen LogP contribution in [0.5, 0.6) is 0 Å². The second kappa shape index (κ2) is 5.88. The molecule has 2 aromatic carbocycles. The van der Waals surface area contributed by atoms with Crippen LogP contribution in [0.3, 0.4) is 0 Å². The SMILES string of the molecule is O=C(Cc1cccc2ccccc12)Nc1onc2c1CCCC2. The number of hydrogen-bond donors (Lipinski definition) is 1. The Morgan fingerprint density at radius 1 is 1.09 bits per heavy atom. The molecule has 23 heavy (non-hydrogen) atoms. The number of carbonyl (C=O) groups is 1. The van der Waals surface area contributed by atoms with E-state index < -0.39 is 0 Å². The lowest BCUT2D eigenvalue weighted by atomic mass is 9.97. The van der Waals surface area contributed by atoms with Crippen molar-refractivity contribution in [3.8, 4) is 0 Å². The summed E-state index contributed by atoms with van der Waals surface area (Å²) in [4.78, 5) is 12.4. The van der Waals surface area contributed by atoms with E-state index in [0.717, 1.165) is 53.3 Å². The van der Waals surface area contributed by atoms with E-state index in [4.69, 9.17) is 4.52 Å². The number of hydrogen-bond acceptors (Lipinski definition) is 3. The minimum atomic E-state index is -0.0640. The first-order chi connectivity index (χ1) is 11.3. The summed E-state index contributed by atoms with van der Waals surface area (Å²) in [6.45, 7) is 0. The molecule has 0 saturated carbocycles. The highest BCUT2D eigenvalue weighted by molar-refractivity contribution is 5.95. The van der Waals surface area contributed by atoms with Crippen LogP contribution in [0.2, 0.25) is 0 Å².